The number of rotatable bonds is 1. The van der Waals surface area contributed by atoms with E-state index in [0.29, 0.717) is 0 Å². The van der Waals surface area contributed by atoms with E-state index in [1.165, 1.54) is 13.3 Å². The summed E-state index contributed by atoms with van der Waals surface area (Å²) in [5.41, 5.74) is -0.448. The molecule has 1 aromatic heterocycles. The quantitative estimate of drug-likeness (QED) is 0.449. The van der Waals surface area contributed by atoms with Gasteiger partial charge in [0.05, 0.1) is 13.3 Å². The SMILES string of the molecule is COc1c[nH]c(=S)n(N)c1=O. The summed E-state index contributed by atoms with van der Waals surface area (Å²) < 4.78 is 5.67. The number of hydrogen-bond acceptors (Lipinski definition) is 4. The average Bonchev–Trinajstić information content (AvgIpc) is 2.01. The Morgan fingerprint density at radius 1 is 1.82 bits per heavy atom. The Bertz CT molecular complexity index is 367. The molecule has 5 nitrogen and oxygen atoms in total. The predicted molar refractivity (Wildman–Crippen MR) is 42.6 cm³/mol. The van der Waals surface area contributed by atoms with Gasteiger partial charge in [0.2, 0.25) is 5.75 Å². The Kier molecular flexibility index (Phi) is 1.95. The van der Waals surface area contributed by atoms with Crippen LogP contribution >= 0.6 is 12.2 Å². The van der Waals surface area contributed by atoms with Crippen LogP contribution in [0.25, 0.3) is 0 Å². The van der Waals surface area contributed by atoms with Crippen molar-refractivity contribution in [2.24, 2.45) is 0 Å². The third kappa shape index (κ3) is 1.25. The monoisotopic (exact) mass is 173 g/mol. The molecule has 0 atom stereocenters. The fourth-order valence-corrected chi connectivity index (χ4v) is 0.758. The molecule has 0 saturated carbocycles. The van der Waals surface area contributed by atoms with E-state index in [2.05, 4.69) is 21.9 Å². The van der Waals surface area contributed by atoms with Crippen LogP contribution in [0.15, 0.2) is 11.0 Å². The third-order valence-electron chi connectivity index (χ3n) is 1.20. The Balaban J connectivity index is 3.50. The van der Waals surface area contributed by atoms with E-state index in [4.69, 9.17) is 5.84 Å². The smallest absolute Gasteiger partial charge is 0.315 e. The second-order valence-corrected chi connectivity index (χ2v) is 2.22. The summed E-state index contributed by atoms with van der Waals surface area (Å²) in [5, 5.41) is 0. The van der Waals surface area contributed by atoms with Gasteiger partial charge in [-0.05, 0) is 12.2 Å². The Labute approximate surface area is 67.4 Å². The van der Waals surface area contributed by atoms with Crippen LogP contribution in [0.2, 0.25) is 0 Å². The Morgan fingerprint density at radius 3 is 3.00 bits per heavy atom. The van der Waals surface area contributed by atoms with Crippen LogP contribution in [0.5, 0.6) is 5.75 Å². The first-order chi connectivity index (χ1) is 5.16. The summed E-state index contributed by atoms with van der Waals surface area (Å²) in [5.74, 6) is 5.39. The van der Waals surface area contributed by atoms with Crippen LogP contribution in [-0.4, -0.2) is 16.8 Å². The van der Waals surface area contributed by atoms with Gasteiger partial charge in [0.25, 0.3) is 0 Å². The van der Waals surface area contributed by atoms with E-state index in [9.17, 15) is 4.79 Å². The van der Waals surface area contributed by atoms with Crippen molar-refractivity contribution in [1.82, 2.24) is 9.66 Å². The highest BCUT2D eigenvalue weighted by Gasteiger charge is 2.00. The largest absolute Gasteiger partial charge is 0.490 e. The van der Waals surface area contributed by atoms with Crippen LogP contribution < -0.4 is 16.1 Å². The molecule has 0 aliphatic rings. The Hall–Kier alpha value is -1.30. The van der Waals surface area contributed by atoms with Crippen molar-refractivity contribution in [2.75, 3.05) is 13.0 Å². The van der Waals surface area contributed by atoms with Crippen molar-refractivity contribution < 1.29 is 4.74 Å². The minimum atomic E-state index is -0.448. The van der Waals surface area contributed by atoms with Gasteiger partial charge in [-0.25, -0.2) is 0 Å². The third-order valence-corrected chi connectivity index (χ3v) is 1.51. The first-order valence-corrected chi connectivity index (χ1v) is 3.21. The van der Waals surface area contributed by atoms with Crippen LogP contribution in [0.4, 0.5) is 0 Å². The summed E-state index contributed by atoms with van der Waals surface area (Å²) in [6.07, 6.45) is 1.37. The van der Waals surface area contributed by atoms with Crippen molar-refractivity contribution >= 4 is 12.2 Å². The number of ether oxygens (including phenoxy) is 1. The molecule has 6 heteroatoms. The number of hydrogen-bond donors (Lipinski definition) is 2. The number of H-pyrrole nitrogens is 1. The topological polar surface area (TPSA) is 73.0 Å². The van der Waals surface area contributed by atoms with Gasteiger partial charge in [0, 0.05) is 0 Å². The molecule has 0 fully saturated rings. The number of nitrogen functional groups attached to an aromatic ring is 1. The summed E-state index contributed by atoms with van der Waals surface area (Å²) in [7, 11) is 1.38. The number of aromatic nitrogens is 2. The van der Waals surface area contributed by atoms with E-state index in [0.717, 1.165) is 4.68 Å². The molecule has 11 heavy (non-hydrogen) atoms. The normalized spacial score (nSPS) is 9.55. The molecule has 0 bridgehead atoms. The first-order valence-electron chi connectivity index (χ1n) is 2.80. The summed E-state index contributed by atoms with van der Waals surface area (Å²) in [4.78, 5) is 13.6. The molecule has 0 aliphatic carbocycles. The molecular weight excluding hydrogens is 166 g/mol. The fourth-order valence-electron chi connectivity index (χ4n) is 0.616. The van der Waals surface area contributed by atoms with Gasteiger partial charge in [-0.3, -0.25) is 4.79 Å². The standard InChI is InChI=1S/C5H7N3O2S/c1-10-3-2-7-5(11)8(6)4(3)9/h2H,6H2,1H3,(H,7,11). The van der Waals surface area contributed by atoms with Gasteiger partial charge in [0.1, 0.15) is 0 Å². The van der Waals surface area contributed by atoms with E-state index in [1.54, 1.807) is 0 Å². The molecule has 1 heterocycles. The molecular formula is C5H7N3O2S. The zero-order chi connectivity index (χ0) is 8.43. The summed E-state index contributed by atoms with van der Waals surface area (Å²) >= 11 is 4.68. The lowest BCUT2D eigenvalue weighted by atomic mass is 10.6. The molecule has 0 aromatic carbocycles. The highest BCUT2D eigenvalue weighted by Crippen LogP contribution is 1.95. The molecule has 0 unspecified atom stereocenters. The van der Waals surface area contributed by atoms with E-state index in [1.807, 2.05) is 0 Å². The molecule has 60 valence electrons. The van der Waals surface area contributed by atoms with E-state index < -0.39 is 5.56 Å². The molecule has 0 saturated heterocycles. The van der Waals surface area contributed by atoms with Gasteiger partial charge in [0.15, 0.2) is 4.77 Å². The lowest BCUT2D eigenvalue weighted by Crippen LogP contribution is -2.29. The first kappa shape index (κ1) is 7.80. The average molecular weight is 173 g/mol. The minimum absolute atomic E-state index is 0.140. The molecule has 0 spiro atoms. The maximum absolute atomic E-state index is 11.0. The van der Waals surface area contributed by atoms with Gasteiger partial charge in [-0.15, -0.1) is 0 Å². The molecule has 1 rings (SSSR count). The van der Waals surface area contributed by atoms with Crippen molar-refractivity contribution in [2.45, 2.75) is 0 Å². The zero-order valence-corrected chi connectivity index (χ0v) is 6.64. The lowest BCUT2D eigenvalue weighted by molar-refractivity contribution is 0.402. The van der Waals surface area contributed by atoms with Gasteiger partial charge < -0.3 is 15.6 Å². The number of nitrogens with zero attached hydrogens (tertiary/aromatic N) is 1. The summed E-state index contributed by atoms with van der Waals surface area (Å²) in [6, 6.07) is 0. The number of nitrogens with two attached hydrogens (primary N) is 1. The van der Waals surface area contributed by atoms with Crippen LogP contribution in [0.1, 0.15) is 0 Å². The van der Waals surface area contributed by atoms with Crippen molar-refractivity contribution in [1.29, 1.82) is 0 Å². The number of nitrogens with one attached hydrogen (secondary N) is 1. The maximum Gasteiger partial charge on any atom is 0.315 e. The molecule has 0 aliphatic heterocycles. The molecule has 0 amide bonds. The van der Waals surface area contributed by atoms with Gasteiger partial charge in [-0.1, -0.05) is 0 Å². The van der Waals surface area contributed by atoms with Crippen LogP contribution in [0.3, 0.4) is 0 Å². The van der Waals surface area contributed by atoms with E-state index in [-0.39, 0.29) is 10.5 Å². The van der Waals surface area contributed by atoms with Crippen molar-refractivity contribution in [3.05, 3.63) is 21.3 Å². The molecule has 0 radical (unpaired) electrons. The highest BCUT2D eigenvalue weighted by atomic mass is 32.1. The number of methoxy groups -OCH3 is 1. The minimum Gasteiger partial charge on any atom is -0.490 e. The van der Waals surface area contributed by atoms with Crippen molar-refractivity contribution in [3.63, 3.8) is 0 Å². The lowest BCUT2D eigenvalue weighted by Gasteiger charge is -2.00. The van der Waals surface area contributed by atoms with Gasteiger partial charge >= 0.3 is 5.56 Å². The maximum atomic E-state index is 11.0. The van der Waals surface area contributed by atoms with E-state index >= 15 is 0 Å². The summed E-state index contributed by atoms with van der Waals surface area (Å²) in [6.45, 7) is 0. The predicted octanol–water partition coefficient (Wildman–Crippen LogP) is -0.372. The fraction of sp³-hybridized carbons (Fsp3) is 0.200. The number of aromatic amines is 1. The Morgan fingerprint density at radius 2 is 2.45 bits per heavy atom. The second kappa shape index (κ2) is 2.75. The van der Waals surface area contributed by atoms with Gasteiger partial charge in [-0.2, -0.15) is 4.68 Å². The van der Waals surface area contributed by atoms with Crippen LogP contribution in [-0.2, 0) is 0 Å². The zero-order valence-electron chi connectivity index (χ0n) is 5.83. The highest BCUT2D eigenvalue weighted by molar-refractivity contribution is 7.71. The molecule has 1 aromatic rings. The molecule has 3 N–H and O–H groups in total. The van der Waals surface area contributed by atoms with Crippen LogP contribution in [0, 0.1) is 4.77 Å². The van der Waals surface area contributed by atoms with Crippen molar-refractivity contribution in [3.8, 4) is 5.75 Å². The second-order valence-electron chi connectivity index (χ2n) is 1.84.